The Hall–Kier alpha value is -2.50. The number of aromatic nitrogens is 4. The maximum atomic E-state index is 6.05. The predicted octanol–water partition coefficient (Wildman–Crippen LogP) is 2.30. The number of imidazole rings is 1. The summed E-state index contributed by atoms with van der Waals surface area (Å²) in [6, 6.07) is 7.84. The van der Waals surface area contributed by atoms with E-state index in [0.717, 1.165) is 36.3 Å². The van der Waals surface area contributed by atoms with Crippen LogP contribution in [0.2, 0.25) is 0 Å². The van der Waals surface area contributed by atoms with Crippen LogP contribution in [-0.2, 0) is 13.1 Å². The van der Waals surface area contributed by atoms with Crippen LogP contribution in [0.3, 0.4) is 0 Å². The average Bonchev–Trinajstić information content (AvgIpc) is 3.09. The SMILES string of the molecule is CCOc1cccc2c1nc(N)n2CCCn1cccn1. The monoisotopic (exact) mass is 285 g/mol. The van der Waals surface area contributed by atoms with Crippen molar-refractivity contribution >= 4 is 17.0 Å². The quantitative estimate of drug-likeness (QED) is 0.754. The zero-order valence-corrected chi connectivity index (χ0v) is 12.1. The highest BCUT2D eigenvalue weighted by molar-refractivity contribution is 5.84. The Bertz CT molecular complexity index is 717. The summed E-state index contributed by atoms with van der Waals surface area (Å²) in [5, 5.41) is 4.20. The number of hydrogen-bond acceptors (Lipinski definition) is 4. The Labute approximate surface area is 123 Å². The predicted molar refractivity (Wildman–Crippen MR) is 82.2 cm³/mol. The van der Waals surface area contributed by atoms with Crippen LogP contribution >= 0.6 is 0 Å². The third-order valence-electron chi connectivity index (χ3n) is 3.40. The van der Waals surface area contributed by atoms with Gasteiger partial charge >= 0.3 is 0 Å². The number of rotatable bonds is 6. The number of fused-ring (bicyclic) bond motifs is 1. The third-order valence-corrected chi connectivity index (χ3v) is 3.40. The maximum absolute atomic E-state index is 6.05. The fourth-order valence-electron chi connectivity index (χ4n) is 2.47. The van der Waals surface area contributed by atoms with Crippen molar-refractivity contribution in [3.05, 3.63) is 36.7 Å². The van der Waals surface area contributed by atoms with E-state index in [4.69, 9.17) is 10.5 Å². The van der Waals surface area contributed by atoms with Crippen molar-refractivity contribution in [2.24, 2.45) is 0 Å². The molecule has 0 saturated carbocycles. The molecule has 0 unspecified atom stereocenters. The van der Waals surface area contributed by atoms with E-state index >= 15 is 0 Å². The van der Waals surface area contributed by atoms with Gasteiger partial charge in [-0.25, -0.2) is 4.98 Å². The molecule has 2 aromatic heterocycles. The molecule has 0 bridgehead atoms. The second-order valence-electron chi connectivity index (χ2n) is 4.80. The third kappa shape index (κ3) is 2.69. The van der Waals surface area contributed by atoms with E-state index in [2.05, 4.69) is 10.1 Å². The lowest BCUT2D eigenvalue weighted by atomic mass is 10.3. The largest absolute Gasteiger partial charge is 0.492 e. The Kier molecular flexibility index (Phi) is 3.77. The Morgan fingerprint density at radius 2 is 2.14 bits per heavy atom. The number of hydrogen-bond donors (Lipinski definition) is 1. The molecule has 6 heteroatoms. The van der Waals surface area contributed by atoms with E-state index < -0.39 is 0 Å². The molecule has 2 N–H and O–H groups in total. The highest BCUT2D eigenvalue weighted by Crippen LogP contribution is 2.27. The average molecular weight is 285 g/mol. The molecule has 2 heterocycles. The fourth-order valence-corrected chi connectivity index (χ4v) is 2.47. The molecule has 0 aliphatic carbocycles. The minimum atomic E-state index is 0.526. The standard InChI is InChI=1S/C15H19N5O/c1-2-21-13-7-3-6-12-14(13)18-15(16)20(12)11-5-10-19-9-4-8-17-19/h3-4,6-9H,2,5,10-11H2,1H3,(H2,16,18). The van der Waals surface area contributed by atoms with E-state index in [-0.39, 0.29) is 0 Å². The summed E-state index contributed by atoms with van der Waals surface area (Å²) < 4.78 is 9.55. The molecule has 0 radical (unpaired) electrons. The van der Waals surface area contributed by atoms with Gasteiger partial charge in [-0.05, 0) is 31.5 Å². The Morgan fingerprint density at radius 3 is 2.90 bits per heavy atom. The Balaban J connectivity index is 1.81. The first-order chi connectivity index (χ1) is 10.3. The first-order valence-electron chi connectivity index (χ1n) is 7.14. The highest BCUT2D eigenvalue weighted by Gasteiger charge is 2.11. The van der Waals surface area contributed by atoms with E-state index in [1.807, 2.05) is 46.6 Å². The molecular formula is C15H19N5O. The van der Waals surface area contributed by atoms with Gasteiger partial charge < -0.3 is 15.0 Å². The lowest BCUT2D eigenvalue weighted by molar-refractivity contribution is 0.343. The smallest absolute Gasteiger partial charge is 0.201 e. The second kappa shape index (κ2) is 5.87. The molecule has 0 amide bonds. The normalized spacial score (nSPS) is 11.1. The molecule has 1 aromatic carbocycles. The van der Waals surface area contributed by atoms with Gasteiger partial charge in [0.2, 0.25) is 5.95 Å². The molecule has 110 valence electrons. The van der Waals surface area contributed by atoms with Gasteiger partial charge in [0.15, 0.2) is 0 Å². The van der Waals surface area contributed by atoms with Crippen LogP contribution in [0.4, 0.5) is 5.95 Å². The zero-order valence-electron chi connectivity index (χ0n) is 12.1. The molecule has 3 rings (SSSR count). The number of benzene rings is 1. The minimum absolute atomic E-state index is 0.526. The van der Waals surface area contributed by atoms with Crippen molar-refractivity contribution in [1.29, 1.82) is 0 Å². The van der Waals surface area contributed by atoms with Gasteiger partial charge in [0.25, 0.3) is 0 Å². The lowest BCUT2D eigenvalue weighted by Crippen LogP contribution is -2.07. The van der Waals surface area contributed by atoms with Crippen molar-refractivity contribution in [2.75, 3.05) is 12.3 Å². The van der Waals surface area contributed by atoms with Crippen LogP contribution in [0.25, 0.3) is 11.0 Å². The second-order valence-corrected chi connectivity index (χ2v) is 4.80. The number of aryl methyl sites for hydroxylation is 2. The van der Waals surface area contributed by atoms with Crippen LogP contribution < -0.4 is 10.5 Å². The number of anilines is 1. The Morgan fingerprint density at radius 1 is 1.24 bits per heavy atom. The van der Waals surface area contributed by atoms with Gasteiger partial charge in [0.05, 0.1) is 12.1 Å². The molecule has 21 heavy (non-hydrogen) atoms. The summed E-state index contributed by atoms with van der Waals surface area (Å²) in [5.41, 5.74) is 7.89. The summed E-state index contributed by atoms with van der Waals surface area (Å²) in [7, 11) is 0. The number of nitrogens with two attached hydrogens (primary N) is 1. The van der Waals surface area contributed by atoms with Gasteiger partial charge in [0.1, 0.15) is 11.3 Å². The van der Waals surface area contributed by atoms with Crippen molar-refractivity contribution < 1.29 is 4.74 Å². The molecule has 0 aliphatic rings. The lowest BCUT2D eigenvalue weighted by Gasteiger charge is -2.07. The molecule has 0 saturated heterocycles. The molecule has 0 aliphatic heterocycles. The number of ether oxygens (including phenoxy) is 1. The summed E-state index contributed by atoms with van der Waals surface area (Å²) in [6.45, 7) is 4.24. The summed E-state index contributed by atoms with van der Waals surface area (Å²) >= 11 is 0. The molecule has 3 aromatic rings. The zero-order chi connectivity index (χ0) is 14.7. The van der Waals surface area contributed by atoms with Crippen molar-refractivity contribution in [3.8, 4) is 5.75 Å². The van der Waals surface area contributed by atoms with Crippen LogP contribution in [-0.4, -0.2) is 25.9 Å². The number of nitrogen functional groups attached to an aromatic ring is 1. The summed E-state index contributed by atoms with van der Waals surface area (Å²) in [5.74, 6) is 1.31. The van der Waals surface area contributed by atoms with Crippen LogP contribution in [0.1, 0.15) is 13.3 Å². The van der Waals surface area contributed by atoms with Crippen molar-refractivity contribution in [2.45, 2.75) is 26.4 Å². The summed E-state index contributed by atoms with van der Waals surface area (Å²) in [4.78, 5) is 4.44. The van der Waals surface area contributed by atoms with Crippen molar-refractivity contribution in [3.63, 3.8) is 0 Å². The van der Waals surface area contributed by atoms with Gasteiger partial charge in [-0.2, -0.15) is 5.10 Å². The van der Waals surface area contributed by atoms with Gasteiger partial charge in [-0.1, -0.05) is 6.07 Å². The van der Waals surface area contributed by atoms with Crippen LogP contribution in [0.5, 0.6) is 5.75 Å². The topological polar surface area (TPSA) is 70.9 Å². The van der Waals surface area contributed by atoms with E-state index in [1.54, 1.807) is 6.20 Å². The molecule has 0 atom stereocenters. The van der Waals surface area contributed by atoms with E-state index in [1.165, 1.54) is 0 Å². The van der Waals surface area contributed by atoms with E-state index in [9.17, 15) is 0 Å². The van der Waals surface area contributed by atoms with Crippen LogP contribution in [0.15, 0.2) is 36.7 Å². The van der Waals surface area contributed by atoms with E-state index in [0.29, 0.717) is 12.6 Å². The van der Waals surface area contributed by atoms with Crippen LogP contribution in [0, 0.1) is 0 Å². The number of para-hydroxylation sites is 1. The molecule has 0 spiro atoms. The first kappa shape index (κ1) is 13.5. The minimum Gasteiger partial charge on any atom is -0.492 e. The van der Waals surface area contributed by atoms with Gasteiger partial charge in [-0.3, -0.25) is 4.68 Å². The number of nitrogens with zero attached hydrogens (tertiary/aromatic N) is 4. The maximum Gasteiger partial charge on any atom is 0.201 e. The van der Waals surface area contributed by atoms with Crippen molar-refractivity contribution in [1.82, 2.24) is 19.3 Å². The fraction of sp³-hybridized carbons (Fsp3) is 0.333. The highest BCUT2D eigenvalue weighted by atomic mass is 16.5. The van der Waals surface area contributed by atoms with Gasteiger partial charge in [0, 0.05) is 25.5 Å². The molecule has 6 nitrogen and oxygen atoms in total. The first-order valence-corrected chi connectivity index (χ1v) is 7.14. The molecular weight excluding hydrogens is 266 g/mol. The molecule has 0 fully saturated rings. The summed E-state index contributed by atoms with van der Waals surface area (Å²) in [6.07, 6.45) is 4.69. The van der Waals surface area contributed by atoms with Gasteiger partial charge in [-0.15, -0.1) is 0 Å².